The largest absolute Gasteiger partial charge is 0.398 e. The number of hydrogen-bond acceptors (Lipinski definition) is 2. The Hall–Kier alpha value is -0.540. The van der Waals surface area contributed by atoms with Gasteiger partial charge in [0.1, 0.15) is 0 Å². The lowest BCUT2D eigenvalue weighted by Gasteiger charge is -2.24. The summed E-state index contributed by atoms with van der Waals surface area (Å²) in [5.41, 5.74) is 8.21. The monoisotopic (exact) mass is 296 g/mol. The molecule has 1 saturated carbocycles. The van der Waals surface area contributed by atoms with Crippen molar-refractivity contribution in [1.29, 1.82) is 0 Å². The fourth-order valence-corrected chi connectivity index (χ4v) is 2.56. The minimum absolute atomic E-state index is 0.715. The van der Waals surface area contributed by atoms with Crippen LogP contribution in [-0.2, 0) is 6.54 Å². The summed E-state index contributed by atoms with van der Waals surface area (Å²) in [6, 6.07) is 7.00. The quantitative estimate of drug-likeness (QED) is 0.841. The van der Waals surface area contributed by atoms with E-state index >= 15 is 0 Å². The SMILES string of the molecule is CC(C)CN(Cc1ccc(Br)cc1N)C1CC1. The number of anilines is 1. The number of benzene rings is 1. The van der Waals surface area contributed by atoms with Crippen LogP contribution in [0, 0.1) is 5.92 Å². The first-order valence-electron chi connectivity index (χ1n) is 6.34. The molecule has 17 heavy (non-hydrogen) atoms. The second-order valence-corrected chi connectivity index (χ2v) is 6.31. The van der Waals surface area contributed by atoms with Gasteiger partial charge >= 0.3 is 0 Å². The van der Waals surface area contributed by atoms with Gasteiger partial charge in [-0.3, -0.25) is 4.90 Å². The predicted molar refractivity (Wildman–Crippen MR) is 76.8 cm³/mol. The van der Waals surface area contributed by atoms with E-state index in [1.54, 1.807) is 0 Å². The van der Waals surface area contributed by atoms with E-state index in [0.717, 1.165) is 22.7 Å². The van der Waals surface area contributed by atoms with Gasteiger partial charge in [-0.15, -0.1) is 0 Å². The third-order valence-electron chi connectivity index (χ3n) is 3.14. The Labute approximate surface area is 112 Å². The van der Waals surface area contributed by atoms with Crippen LogP contribution in [-0.4, -0.2) is 17.5 Å². The van der Waals surface area contributed by atoms with E-state index in [1.807, 2.05) is 6.07 Å². The molecule has 0 bridgehead atoms. The first kappa shape index (κ1) is 12.9. The van der Waals surface area contributed by atoms with Crippen LogP contribution in [0.2, 0.25) is 0 Å². The average Bonchev–Trinajstić information content (AvgIpc) is 3.03. The Kier molecular flexibility index (Phi) is 4.10. The van der Waals surface area contributed by atoms with Gasteiger partial charge in [0.05, 0.1) is 0 Å². The molecule has 1 aromatic carbocycles. The first-order valence-corrected chi connectivity index (χ1v) is 7.13. The van der Waals surface area contributed by atoms with Gasteiger partial charge in [0.15, 0.2) is 0 Å². The molecule has 0 heterocycles. The lowest BCUT2D eigenvalue weighted by Crippen LogP contribution is -2.29. The molecule has 1 aromatic rings. The smallest absolute Gasteiger partial charge is 0.0371 e. The summed E-state index contributed by atoms with van der Waals surface area (Å²) in [5.74, 6) is 0.715. The van der Waals surface area contributed by atoms with Crippen molar-refractivity contribution in [3.05, 3.63) is 28.2 Å². The van der Waals surface area contributed by atoms with E-state index in [4.69, 9.17) is 5.73 Å². The molecule has 0 aliphatic heterocycles. The molecular weight excluding hydrogens is 276 g/mol. The van der Waals surface area contributed by atoms with Gasteiger partial charge in [-0.1, -0.05) is 35.8 Å². The van der Waals surface area contributed by atoms with Gasteiger partial charge in [-0.25, -0.2) is 0 Å². The standard InChI is InChI=1S/C14H21BrN2/c1-10(2)8-17(13-5-6-13)9-11-3-4-12(15)7-14(11)16/h3-4,7,10,13H,5-6,8-9,16H2,1-2H3. The summed E-state index contributed by atoms with van der Waals surface area (Å²) in [6.07, 6.45) is 2.70. The van der Waals surface area contributed by atoms with Crippen LogP contribution < -0.4 is 5.73 Å². The molecule has 0 aromatic heterocycles. The van der Waals surface area contributed by atoms with Crippen molar-refractivity contribution >= 4 is 21.6 Å². The summed E-state index contributed by atoms with van der Waals surface area (Å²) in [5, 5.41) is 0. The minimum atomic E-state index is 0.715. The second-order valence-electron chi connectivity index (χ2n) is 5.40. The van der Waals surface area contributed by atoms with Crippen molar-refractivity contribution < 1.29 is 0 Å². The minimum Gasteiger partial charge on any atom is -0.398 e. The summed E-state index contributed by atoms with van der Waals surface area (Å²) >= 11 is 3.45. The van der Waals surface area contributed by atoms with Crippen molar-refractivity contribution in [1.82, 2.24) is 4.90 Å². The van der Waals surface area contributed by atoms with Gasteiger partial charge in [0, 0.05) is 29.3 Å². The number of hydrogen-bond donors (Lipinski definition) is 1. The van der Waals surface area contributed by atoms with Crippen LogP contribution >= 0.6 is 15.9 Å². The predicted octanol–water partition coefficient (Wildman–Crippen LogP) is 3.65. The van der Waals surface area contributed by atoms with Crippen LogP contribution in [0.4, 0.5) is 5.69 Å². The van der Waals surface area contributed by atoms with Crippen molar-refractivity contribution in [2.45, 2.75) is 39.3 Å². The summed E-state index contributed by atoms with van der Waals surface area (Å²) in [4.78, 5) is 2.57. The van der Waals surface area contributed by atoms with Gasteiger partial charge in [-0.2, -0.15) is 0 Å². The molecule has 3 heteroatoms. The molecule has 0 amide bonds. The molecule has 1 aliphatic carbocycles. The van der Waals surface area contributed by atoms with Crippen LogP contribution in [0.3, 0.4) is 0 Å². The third-order valence-corrected chi connectivity index (χ3v) is 3.64. The highest BCUT2D eigenvalue weighted by Gasteiger charge is 2.29. The highest BCUT2D eigenvalue weighted by atomic mass is 79.9. The van der Waals surface area contributed by atoms with Gasteiger partial charge in [0.2, 0.25) is 0 Å². The second kappa shape index (κ2) is 5.40. The van der Waals surface area contributed by atoms with Crippen LogP contribution in [0.1, 0.15) is 32.3 Å². The van der Waals surface area contributed by atoms with Gasteiger partial charge in [0.25, 0.3) is 0 Å². The number of rotatable bonds is 5. The van der Waals surface area contributed by atoms with Crippen LogP contribution in [0.5, 0.6) is 0 Å². The molecule has 0 unspecified atom stereocenters. The zero-order valence-electron chi connectivity index (χ0n) is 10.6. The van der Waals surface area contributed by atoms with E-state index in [-0.39, 0.29) is 0 Å². The summed E-state index contributed by atoms with van der Waals surface area (Å²) in [7, 11) is 0. The number of halogens is 1. The molecule has 0 spiro atoms. The fourth-order valence-electron chi connectivity index (χ4n) is 2.18. The Morgan fingerprint density at radius 1 is 1.41 bits per heavy atom. The number of nitrogens with zero attached hydrogens (tertiary/aromatic N) is 1. The van der Waals surface area contributed by atoms with Gasteiger partial charge in [-0.05, 0) is 36.5 Å². The van der Waals surface area contributed by atoms with E-state index in [2.05, 4.69) is 46.8 Å². The van der Waals surface area contributed by atoms with E-state index in [0.29, 0.717) is 5.92 Å². The molecule has 2 rings (SSSR count). The Balaban J connectivity index is 2.06. The topological polar surface area (TPSA) is 29.3 Å². The Morgan fingerprint density at radius 2 is 2.12 bits per heavy atom. The van der Waals surface area contributed by atoms with Crippen molar-refractivity contribution in [3.8, 4) is 0 Å². The van der Waals surface area contributed by atoms with E-state index < -0.39 is 0 Å². The maximum Gasteiger partial charge on any atom is 0.0371 e. The summed E-state index contributed by atoms with van der Waals surface area (Å²) in [6.45, 7) is 6.71. The Morgan fingerprint density at radius 3 is 2.65 bits per heavy atom. The molecule has 94 valence electrons. The molecular formula is C14H21BrN2. The summed E-state index contributed by atoms with van der Waals surface area (Å²) < 4.78 is 1.06. The lowest BCUT2D eigenvalue weighted by atomic mass is 10.1. The number of nitrogens with two attached hydrogens (primary N) is 1. The molecule has 0 radical (unpaired) electrons. The molecule has 2 N–H and O–H groups in total. The highest BCUT2D eigenvalue weighted by Crippen LogP contribution is 2.30. The Bertz CT molecular complexity index is 386. The fraction of sp³-hybridized carbons (Fsp3) is 0.571. The maximum atomic E-state index is 6.06. The van der Waals surface area contributed by atoms with E-state index in [1.165, 1.54) is 24.9 Å². The van der Waals surface area contributed by atoms with Gasteiger partial charge < -0.3 is 5.73 Å². The normalized spacial score (nSPS) is 15.8. The first-order chi connectivity index (χ1) is 8.06. The molecule has 2 nitrogen and oxygen atoms in total. The molecule has 1 aliphatic rings. The van der Waals surface area contributed by atoms with Crippen LogP contribution in [0.15, 0.2) is 22.7 Å². The maximum absolute atomic E-state index is 6.06. The van der Waals surface area contributed by atoms with Crippen molar-refractivity contribution in [3.63, 3.8) is 0 Å². The average molecular weight is 297 g/mol. The lowest BCUT2D eigenvalue weighted by molar-refractivity contribution is 0.226. The van der Waals surface area contributed by atoms with Crippen molar-refractivity contribution in [2.75, 3.05) is 12.3 Å². The van der Waals surface area contributed by atoms with Crippen molar-refractivity contribution in [2.24, 2.45) is 5.92 Å². The van der Waals surface area contributed by atoms with Crippen LogP contribution in [0.25, 0.3) is 0 Å². The zero-order chi connectivity index (χ0) is 12.4. The van der Waals surface area contributed by atoms with E-state index in [9.17, 15) is 0 Å². The molecule has 1 fully saturated rings. The molecule has 0 saturated heterocycles. The molecule has 0 atom stereocenters. The zero-order valence-corrected chi connectivity index (χ0v) is 12.2. The third kappa shape index (κ3) is 3.71. The highest BCUT2D eigenvalue weighted by molar-refractivity contribution is 9.10. The number of nitrogen functional groups attached to an aromatic ring is 1.